The molecule has 3 fully saturated rings. The van der Waals surface area contributed by atoms with Gasteiger partial charge >= 0.3 is 14.8 Å². The van der Waals surface area contributed by atoms with Gasteiger partial charge in [-0.15, -0.1) is 0 Å². The van der Waals surface area contributed by atoms with E-state index in [-0.39, 0.29) is 0 Å². The first kappa shape index (κ1) is 20.2. The van der Waals surface area contributed by atoms with Gasteiger partial charge in [0, 0.05) is 0 Å². The summed E-state index contributed by atoms with van der Waals surface area (Å²) in [6.45, 7) is 11.2. The largest absolute Gasteiger partial charge is 0.609 e. The molecule has 3 aliphatic carbocycles. The fourth-order valence-corrected chi connectivity index (χ4v) is 10.3. The van der Waals surface area contributed by atoms with Crippen molar-refractivity contribution in [3.05, 3.63) is 0 Å². The van der Waals surface area contributed by atoms with Crippen molar-refractivity contribution in [3.8, 4) is 0 Å². The van der Waals surface area contributed by atoms with Crippen LogP contribution >= 0.6 is 0 Å². The van der Waals surface area contributed by atoms with Crippen molar-refractivity contribution in [2.24, 2.45) is 0 Å². The minimum atomic E-state index is -1.24. The standard InChI is InChI=1S/3C7H14N.Al/c3*1-2-8-7-5-3-4-6-7;/h3*7H,2-6H2,1H3;/q3*-1;+3. The molecule has 0 amide bonds. The normalized spacial score (nSPS) is 23.8. The Hall–Kier alpha value is 0.412. The summed E-state index contributed by atoms with van der Waals surface area (Å²) in [4.78, 5) is 0. The second-order valence-corrected chi connectivity index (χ2v) is 11.3. The van der Waals surface area contributed by atoms with Crippen LogP contribution in [0.25, 0.3) is 0 Å². The molecule has 0 atom stereocenters. The minimum Gasteiger partial charge on any atom is -0.354 e. The van der Waals surface area contributed by atoms with Crippen molar-refractivity contribution in [1.29, 1.82) is 0 Å². The van der Waals surface area contributed by atoms with E-state index in [1.807, 2.05) is 0 Å². The van der Waals surface area contributed by atoms with E-state index in [0.717, 1.165) is 18.1 Å². The van der Waals surface area contributed by atoms with E-state index in [2.05, 4.69) is 32.4 Å². The van der Waals surface area contributed by atoms with Crippen LogP contribution in [0.5, 0.6) is 0 Å². The van der Waals surface area contributed by atoms with Crippen molar-refractivity contribution in [2.75, 3.05) is 19.6 Å². The smallest absolute Gasteiger partial charge is 0.354 e. The van der Waals surface area contributed by atoms with Crippen LogP contribution in [-0.4, -0.2) is 64.2 Å². The van der Waals surface area contributed by atoms with Crippen molar-refractivity contribution in [1.82, 2.24) is 11.7 Å². The zero-order valence-corrected chi connectivity index (χ0v) is 18.4. The Morgan fingerprint density at radius 1 is 0.520 bits per heavy atom. The molecule has 0 spiro atoms. The van der Waals surface area contributed by atoms with Crippen LogP contribution in [-0.2, 0) is 0 Å². The van der Waals surface area contributed by atoms with E-state index in [1.165, 1.54) is 96.7 Å². The molecule has 4 heteroatoms. The van der Waals surface area contributed by atoms with Gasteiger partial charge in [-0.1, -0.05) is 59.3 Å². The summed E-state index contributed by atoms with van der Waals surface area (Å²) < 4.78 is 9.16. The Morgan fingerprint density at radius 3 is 0.960 bits per heavy atom. The van der Waals surface area contributed by atoms with Crippen LogP contribution in [0.15, 0.2) is 0 Å². The van der Waals surface area contributed by atoms with Crippen molar-refractivity contribution in [2.45, 2.75) is 116 Å². The van der Waals surface area contributed by atoms with Crippen molar-refractivity contribution in [3.63, 3.8) is 0 Å². The zero-order chi connectivity index (χ0) is 17.6. The molecule has 0 saturated heterocycles. The second kappa shape index (κ2) is 10.1. The second-order valence-electron chi connectivity index (χ2n) is 8.65. The molecule has 0 aromatic rings. The maximum absolute atomic E-state index is 3.05. The first-order chi connectivity index (χ1) is 12.3. The zero-order valence-electron chi connectivity index (χ0n) is 17.3. The van der Waals surface area contributed by atoms with Crippen LogP contribution in [0.1, 0.15) is 97.8 Å². The first-order valence-corrected chi connectivity index (χ1v) is 13.1. The van der Waals surface area contributed by atoms with E-state index in [0.29, 0.717) is 0 Å². The summed E-state index contributed by atoms with van der Waals surface area (Å²) >= 11 is -1.24. The van der Waals surface area contributed by atoms with Gasteiger partial charge in [-0.25, -0.2) is 0 Å². The lowest BCUT2D eigenvalue weighted by Crippen LogP contribution is -2.68. The topological polar surface area (TPSA) is 9.72 Å². The fraction of sp³-hybridized carbons (Fsp3) is 1.00. The van der Waals surface area contributed by atoms with Gasteiger partial charge in [0.15, 0.2) is 0 Å². The average molecular weight is 364 g/mol. The fourth-order valence-electron chi connectivity index (χ4n) is 6.11. The van der Waals surface area contributed by atoms with E-state index in [9.17, 15) is 0 Å². The molecule has 0 bridgehead atoms. The van der Waals surface area contributed by atoms with Crippen LogP contribution < -0.4 is 0 Å². The summed E-state index contributed by atoms with van der Waals surface area (Å²) in [5.74, 6) is 0. The Morgan fingerprint density at radius 2 is 0.760 bits per heavy atom. The number of rotatable bonds is 9. The van der Waals surface area contributed by atoms with Crippen LogP contribution in [0.3, 0.4) is 0 Å². The van der Waals surface area contributed by atoms with E-state index < -0.39 is 14.8 Å². The molecular weight excluding hydrogens is 321 g/mol. The van der Waals surface area contributed by atoms with Gasteiger partial charge in [0.05, 0.1) is 0 Å². The summed E-state index contributed by atoms with van der Waals surface area (Å²) in [5.41, 5.74) is 0. The maximum atomic E-state index is 3.05. The van der Waals surface area contributed by atoms with Gasteiger partial charge in [0.1, 0.15) is 0 Å². The van der Waals surface area contributed by atoms with Crippen LogP contribution in [0, 0.1) is 0 Å². The summed E-state index contributed by atoms with van der Waals surface area (Å²) in [5, 5.41) is 0. The molecule has 3 saturated carbocycles. The average Bonchev–Trinajstić information content (AvgIpc) is 3.40. The molecule has 3 rings (SSSR count). The molecule has 0 aromatic heterocycles. The number of hydrogen-bond donors (Lipinski definition) is 0. The van der Waals surface area contributed by atoms with Crippen LogP contribution in [0.2, 0.25) is 0 Å². The number of nitrogens with zero attached hydrogens (tertiary/aromatic N) is 3. The lowest BCUT2D eigenvalue weighted by molar-refractivity contribution is 0.188. The maximum Gasteiger partial charge on any atom is 0.609 e. The van der Waals surface area contributed by atoms with E-state index in [4.69, 9.17) is 0 Å². The molecule has 0 radical (unpaired) electrons. The predicted octanol–water partition coefficient (Wildman–Crippen LogP) is 4.76. The Balaban J connectivity index is 1.86. The predicted molar refractivity (Wildman–Crippen MR) is 110 cm³/mol. The number of hydrogen-bond acceptors (Lipinski definition) is 3. The van der Waals surface area contributed by atoms with Gasteiger partial charge in [-0.3, -0.25) is 0 Å². The summed E-state index contributed by atoms with van der Waals surface area (Å²) in [7, 11) is 0. The third kappa shape index (κ3) is 4.64. The molecule has 25 heavy (non-hydrogen) atoms. The highest BCUT2D eigenvalue weighted by Crippen LogP contribution is 2.33. The van der Waals surface area contributed by atoms with Gasteiger partial charge in [0.2, 0.25) is 0 Å². The third-order valence-corrected chi connectivity index (χ3v) is 11.5. The van der Waals surface area contributed by atoms with E-state index in [1.54, 1.807) is 0 Å². The Bertz CT molecular complexity index is 316. The van der Waals surface area contributed by atoms with Gasteiger partial charge < -0.3 is 11.7 Å². The highest BCUT2D eigenvalue weighted by molar-refractivity contribution is 6.50. The molecule has 0 aromatic carbocycles. The van der Waals surface area contributed by atoms with Gasteiger partial charge in [0.25, 0.3) is 0 Å². The van der Waals surface area contributed by atoms with E-state index >= 15 is 0 Å². The first-order valence-electron chi connectivity index (χ1n) is 11.6. The Labute approximate surface area is 162 Å². The van der Waals surface area contributed by atoms with Gasteiger partial charge in [-0.05, 0) is 76.3 Å². The molecule has 3 aliphatic rings. The monoisotopic (exact) mass is 363 g/mol. The molecule has 3 nitrogen and oxygen atoms in total. The third-order valence-electron chi connectivity index (χ3n) is 7.37. The van der Waals surface area contributed by atoms with Gasteiger partial charge in [-0.2, -0.15) is 0 Å². The lowest BCUT2D eigenvalue weighted by Gasteiger charge is -2.47. The lowest BCUT2D eigenvalue weighted by atomic mass is 10.2. The molecule has 0 N–H and O–H groups in total. The highest BCUT2D eigenvalue weighted by Gasteiger charge is 2.48. The summed E-state index contributed by atoms with van der Waals surface area (Å²) in [6, 6.07) is 2.65. The molecule has 0 heterocycles. The minimum absolute atomic E-state index is 0.882. The summed E-state index contributed by atoms with van der Waals surface area (Å²) in [6.07, 6.45) is 17.6. The quantitative estimate of drug-likeness (QED) is 0.547. The van der Waals surface area contributed by atoms with Crippen molar-refractivity contribution >= 4 is 14.8 Å². The SMILES string of the molecule is CC[N](C1CCCC1)[Al]([N](CC)C1CCCC1)[N](CC)C1CCCC1. The highest BCUT2D eigenvalue weighted by atomic mass is 27.2. The van der Waals surface area contributed by atoms with Crippen LogP contribution in [0.4, 0.5) is 0 Å². The Kier molecular flexibility index (Phi) is 8.14. The van der Waals surface area contributed by atoms with Crippen molar-refractivity contribution < 1.29 is 0 Å². The molecular formula is C21H42AlN3. The molecule has 0 unspecified atom stereocenters. The molecule has 144 valence electrons. The molecule has 0 aliphatic heterocycles.